The van der Waals surface area contributed by atoms with E-state index in [4.69, 9.17) is 0 Å². The fraction of sp³-hybridized carbons (Fsp3) is 0.769. The molecule has 2 N–H and O–H groups in total. The fourth-order valence-corrected chi connectivity index (χ4v) is 2.54. The molecule has 0 aromatic carbocycles. The quantitative estimate of drug-likeness (QED) is 0.840. The summed E-state index contributed by atoms with van der Waals surface area (Å²) < 4.78 is 2.07. The van der Waals surface area contributed by atoms with E-state index in [1.54, 1.807) is 6.20 Å². The van der Waals surface area contributed by atoms with Gasteiger partial charge in [0.25, 0.3) is 0 Å². The van der Waals surface area contributed by atoms with E-state index in [0.717, 1.165) is 31.6 Å². The maximum atomic E-state index is 10.4. The second kappa shape index (κ2) is 6.17. The summed E-state index contributed by atoms with van der Waals surface area (Å²) in [6.45, 7) is 4.09. The van der Waals surface area contributed by atoms with Gasteiger partial charge in [-0.25, -0.2) is 4.98 Å². The Morgan fingerprint density at radius 2 is 2.41 bits per heavy atom. The van der Waals surface area contributed by atoms with Crippen LogP contribution >= 0.6 is 0 Å². The number of aromatic nitrogens is 2. The van der Waals surface area contributed by atoms with Crippen molar-refractivity contribution in [1.82, 2.24) is 14.9 Å². The zero-order valence-corrected chi connectivity index (χ0v) is 10.6. The molecule has 0 aliphatic carbocycles. The minimum Gasteiger partial charge on any atom is -0.385 e. The number of aliphatic hydroxyl groups excluding tert-OH is 1. The highest BCUT2D eigenvalue weighted by Crippen LogP contribution is 2.22. The van der Waals surface area contributed by atoms with Crippen LogP contribution in [0.25, 0.3) is 0 Å². The summed E-state index contributed by atoms with van der Waals surface area (Å²) in [5.41, 5.74) is 0.950. The van der Waals surface area contributed by atoms with E-state index < -0.39 is 6.10 Å². The van der Waals surface area contributed by atoms with Gasteiger partial charge < -0.3 is 15.0 Å². The van der Waals surface area contributed by atoms with Gasteiger partial charge in [-0.05, 0) is 25.8 Å². The molecule has 1 aromatic rings. The van der Waals surface area contributed by atoms with Crippen LogP contribution in [-0.2, 0) is 6.54 Å². The van der Waals surface area contributed by atoms with Crippen LogP contribution in [0.2, 0.25) is 0 Å². The summed E-state index contributed by atoms with van der Waals surface area (Å²) in [5.74, 6) is 0. The van der Waals surface area contributed by atoms with E-state index in [2.05, 4.69) is 21.8 Å². The van der Waals surface area contributed by atoms with Gasteiger partial charge in [-0.2, -0.15) is 0 Å². The number of hydrogen-bond acceptors (Lipinski definition) is 3. The second-order valence-electron chi connectivity index (χ2n) is 4.87. The predicted molar refractivity (Wildman–Crippen MR) is 67.7 cm³/mol. The summed E-state index contributed by atoms with van der Waals surface area (Å²) in [5, 5.41) is 13.9. The molecule has 0 saturated carbocycles. The molecular weight excluding hydrogens is 214 g/mol. The Hall–Kier alpha value is -0.870. The van der Waals surface area contributed by atoms with Gasteiger partial charge in [0, 0.05) is 12.6 Å². The smallest absolute Gasteiger partial charge is 0.111 e. The van der Waals surface area contributed by atoms with Gasteiger partial charge in [-0.3, -0.25) is 0 Å². The number of aryl methyl sites for hydroxylation is 1. The number of imidazole rings is 1. The lowest BCUT2D eigenvalue weighted by molar-refractivity contribution is 0.118. The number of nitrogens with one attached hydrogen (secondary N) is 1. The molecule has 0 radical (unpaired) electrons. The highest BCUT2D eigenvalue weighted by molar-refractivity contribution is 5.06. The SMILES string of the molecule is CCCn1cncc1C(O)C1CCCCCN1. The molecule has 2 rings (SSSR count). The van der Waals surface area contributed by atoms with Crippen molar-refractivity contribution in [2.45, 2.75) is 57.7 Å². The zero-order valence-electron chi connectivity index (χ0n) is 10.6. The largest absolute Gasteiger partial charge is 0.385 e. The highest BCUT2D eigenvalue weighted by Gasteiger charge is 2.24. The normalized spacial score (nSPS) is 23.3. The van der Waals surface area contributed by atoms with Crippen molar-refractivity contribution in [3.8, 4) is 0 Å². The van der Waals surface area contributed by atoms with Crippen LogP contribution in [0.5, 0.6) is 0 Å². The van der Waals surface area contributed by atoms with Gasteiger partial charge in [-0.15, -0.1) is 0 Å². The van der Waals surface area contributed by atoms with E-state index in [9.17, 15) is 5.11 Å². The van der Waals surface area contributed by atoms with Crippen molar-refractivity contribution < 1.29 is 5.11 Å². The summed E-state index contributed by atoms with van der Waals surface area (Å²) in [4.78, 5) is 4.16. The van der Waals surface area contributed by atoms with Crippen molar-refractivity contribution in [1.29, 1.82) is 0 Å². The molecule has 1 fully saturated rings. The number of nitrogens with zero attached hydrogens (tertiary/aromatic N) is 2. The summed E-state index contributed by atoms with van der Waals surface area (Å²) in [6.07, 6.45) is 9.00. The van der Waals surface area contributed by atoms with Crippen LogP contribution in [0.3, 0.4) is 0 Å². The third-order valence-corrected chi connectivity index (χ3v) is 3.49. The Bertz CT molecular complexity index is 329. The van der Waals surface area contributed by atoms with Crippen LogP contribution in [0, 0.1) is 0 Å². The molecule has 0 amide bonds. The van der Waals surface area contributed by atoms with Gasteiger partial charge in [0.1, 0.15) is 6.10 Å². The van der Waals surface area contributed by atoms with Gasteiger partial charge in [0.2, 0.25) is 0 Å². The molecule has 2 unspecified atom stereocenters. The van der Waals surface area contributed by atoms with E-state index >= 15 is 0 Å². The van der Waals surface area contributed by atoms with Gasteiger partial charge >= 0.3 is 0 Å². The molecule has 17 heavy (non-hydrogen) atoms. The molecule has 0 bridgehead atoms. The molecule has 0 spiro atoms. The molecule has 2 atom stereocenters. The first kappa shape index (κ1) is 12.6. The molecule has 1 saturated heterocycles. The fourth-order valence-electron chi connectivity index (χ4n) is 2.54. The average Bonchev–Trinajstić information content (AvgIpc) is 2.63. The lowest BCUT2D eigenvalue weighted by Gasteiger charge is -2.23. The topological polar surface area (TPSA) is 50.1 Å². The van der Waals surface area contributed by atoms with Crippen LogP contribution < -0.4 is 5.32 Å². The summed E-state index contributed by atoms with van der Waals surface area (Å²) in [6, 6.07) is 0.185. The standard InChI is InChI=1S/C13H23N3O/c1-2-8-16-10-14-9-12(16)13(17)11-6-4-3-5-7-15-11/h9-11,13,15,17H,2-8H2,1H3. The number of hydrogen-bond donors (Lipinski definition) is 2. The highest BCUT2D eigenvalue weighted by atomic mass is 16.3. The summed E-state index contributed by atoms with van der Waals surface area (Å²) >= 11 is 0. The predicted octanol–water partition coefficient (Wildman–Crippen LogP) is 1.86. The van der Waals surface area contributed by atoms with Gasteiger partial charge in [0.05, 0.1) is 18.2 Å². The molecule has 1 aliphatic rings. The van der Waals surface area contributed by atoms with Gasteiger partial charge in [0.15, 0.2) is 0 Å². The maximum absolute atomic E-state index is 10.4. The van der Waals surface area contributed by atoms with Crippen LogP contribution in [0.15, 0.2) is 12.5 Å². The van der Waals surface area contributed by atoms with Crippen LogP contribution in [0.4, 0.5) is 0 Å². The Morgan fingerprint density at radius 3 is 3.24 bits per heavy atom. The molecular formula is C13H23N3O. The van der Waals surface area contributed by atoms with Crippen molar-refractivity contribution in [2.75, 3.05) is 6.54 Å². The van der Waals surface area contributed by atoms with Crippen molar-refractivity contribution in [2.24, 2.45) is 0 Å². The zero-order chi connectivity index (χ0) is 12.1. The Labute approximate surface area is 103 Å². The van der Waals surface area contributed by atoms with E-state index in [1.165, 1.54) is 19.3 Å². The Morgan fingerprint density at radius 1 is 1.53 bits per heavy atom. The Balaban J connectivity index is 2.06. The number of rotatable bonds is 4. The Kier molecular flexibility index (Phi) is 4.57. The van der Waals surface area contributed by atoms with Crippen LogP contribution in [-0.4, -0.2) is 27.2 Å². The second-order valence-corrected chi connectivity index (χ2v) is 4.87. The lowest BCUT2D eigenvalue weighted by atomic mass is 10.0. The molecule has 1 aliphatic heterocycles. The van der Waals surface area contributed by atoms with E-state index in [-0.39, 0.29) is 6.04 Å². The average molecular weight is 237 g/mol. The minimum absolute atomic E-state index is 0.185. The van der Waals surface area contributed by atoms with E-state index in [0.29, 0.717) is 0 Å². The first-order valence-corrected chi connectivity index (χ1v) is 6.74. The molecule has 4 nitrogen and oxygen atoms in total. The lowest BCUT2D eigenvalue weighted by Crippen LogP contribution is -2.35. The minimum atomic E-state index is -0.429. The van der Waals surface area contributed by atoms with Crippen molar-refractivity contribution in [3.63, 3.8) is 0 Å². The third-order valence-electron chi connectivity index (χ3n) is 3.49. The monoisotopic (exact) mass is 237 g/mol. The first-order valence-electron chi connectivity index (χ1n) is 6.74. The van der Waals surface area contributed by atoms with Crippen LogP contribution in [0.1, 0.15) is 50.8 Å². The molecule has 2 heterocycles. The number of aliphatic hydroxyl groups is 1. The molecule has 96 valence electrons. The molecule has 1 aromatic heterocycles. The third kappa shape index (κ3) is 3.07. The van der Waals surface area contributed by atoms with Gasteiger partial charge in [-0.1, -0.05) is 19.8 Å². The molecule has 4 heteroatoms. The van der Waals surface area contributed by atoms with Crippen molar-refractivity contribution in [3.05, 3.63) is 18.2 Å². The summed E-state index contributed by atoms with van der Waals surface area (Å²) in [7, 11) is 0. The maximum Gasteiger partial charge on any atom is 0.111 e. The van der Waals surface area contributed by atoms with E-state index in [1.807, 2.05) is 6.33 Å². The first-order chi connectivity index (χ1) is 8.33. The van der Waals surface area contributed by atoms with Crippen molar-refractivity contribution >= 4 is 0 Å².